The first-order valence-corrected chi connectivity index (χ1v) is 6.30. The molecule has 2 aliphatic rings. The van der Waals surface area contributed by atoms with Crippen LogP contribution in [0.5, 0.6) is 0 Å². The van der Waals surface area contributed by atoms with Crippen LogP contribution in [-0.4, -0.2) is 11.9 Å². The molecule has 3 heteroatoms. The van der Waals surface area contributed by atoms with Crippen molar-refractivity contribution in [3.63, 3.8) is 0 Å². The summed E-state index contributed by atoms with van der Waals surface area (Å²) in [7, 11) is 0. The Morgan fingerprint density at radius 3 is 2.76 bits per heavy atom. The molecule has 1 heterocycles. The SMILES string of the molecule is Cc1ccc2c(c1)NC(=O)C21CCC(N)CC1. The molecule has 0 saturated heterocycles. The van der Waals surface area contributed by atoms with Gasteiger partial charge in [-0.2, -0.15) is 0 Å². The third-order valence-corrected chi connectivity index (χ3v) is 4.26. The summed E-state index contributed by atoms with van der Waals surface area (Å²) in [4.78, 5) is 12.3. The molecule has 90 valence electrons. The second-order valence-electron chi connectivity index (χ2n) is 5.42. The number of benzene rings is 1. The Labute approximate surface area is 101 Å². The minimum atomic E-state index is -0.293. The smallest absolute Gasteiger partial charge is 0.235 e. The Balaban J connectivity index is 2.05. The molecule has 1 aromatic rings. The number of amides is 1. The van der Waals surface area contributed by atoms with Crippen molar-refractivity contribution in [2.45, 2.75) is 44.1 Å². The number of carbonyl (C=O) groups excluding carboxylic acids is 1. The summed E-state index contributed by atoms with van der Waals surface area (Å²) in [5.74, 6) is 0.171. The zero-order chi connectivity index (χ0) is 12.0. The van der Waals surface area contributed by atoms with Crippen LogP contribution in [0.3, 0.4) is 0 Å². The van der Waals surface area contributed by atoms with Crippen LogP contribution < -0.4 is 11.1 Å². The fourth-order valence-electron chi connectivity index (χ4n) is 3.17. The predicted octanol–water partition coefficient (Wildman–Crippen LogP) is 2.09. The first-order chi connectivity index (χ1) is 8.12. The molecule has 0 bridgehead atoms. The average molecular weight is 230 g/mol. The molecular formula is C14H18N2O. The van der Waals surface area contributed by atoms with Crippen LogP contribution >= 0.6 is 0 Å². The molecule has 1 aliphatic heterocycles. The van der Waals surface area contributed by atoms with E-state index < -0.39 is 0 Å². The Kier molecular flexibility index (Phi) is 2.26. The fourth-order valence-corrected chi connectivity index (χ4v) is 3.17. The molecule has 0 aromatic heterocycles. The summed E-state index contributed by atoms with van der Waals surface area (Å²) in [6.07, 6.45) is 3.66. The van der Waals surface area contributed by atoms with Crippen LogP contribution in [0.4, 0.5) is 5.69 Å². The third kappa shape index (κ3) is 1.49. The monoisotopic (exact) mass is 230 g/mol. The molecule has 1 saturated carbocycles. The third-order valence-electron chi connectivity index (χ3n) is 4.26. The molecule has 1 aliphatic carbocycles. The summed E-state index contributed by atoms with van der Waals surface area (Å²) in [5.41, 5.74) is 9.02. The maximum atomic E-state index is 12.3. The van der Waals surface area contributed by atoms with Crippen LogP contribution in [0.2, 0.25) is 0 Å². The van der Waals surface area contributed by atoms with Crippen molar-refractivity contribution in [3.05, 3.63) is 29.3 Å². The van der Waals surface area contributed by atoms with E-state index >= 15 is 0 Å². The molecule has 3 N–H and O–H groups in total. The van der Waals surface area contributed by atoms with Gasteiger partial charge in [0.05, 0.1) is 5.41 Å². The molecule has 1 spiro atoms. The molecule has 0 atom stereocenters. The van der Waals surface area contributed by atoms with Crippen molar-refractivity contribution in [3.8, 4) is 0 Å². The van der Waals surface area contributed by atoms with Crippen molar-refractivity contribution >= 4 is 11.6 Å². The van der Waals surface area contributed by atoms with E-state index in [2.05, 4.69) is 23.5 Å². The van der Waals surface area contributed by atoms with Gasteiger partial charge in [-0.15, -0.1) is 0 Å². The normalized spacial score (nSPS) is 31.4. The minimum Gasteiger partial charge on any atom is -0.328 e. The lowest BCUT2D eigenvalue weighted by Gasteiger charge is -2.34. The molecule has 1 aromatic carbocycles. The summed E-state index contributed by atoms with van der Waals surface area (Å²) in [6, 6.07) is 6.54. The molecule has 0 radical (unpaired) electrons. The number of aryl methyl sites for hydroxylation is 1. The van der Waals surface area contributed by atoms with E-state index in [0.717, 1.165) is 31.4 Å². The van der Waals surface area contributed by atoms with Gasteiger partial charge in [-0.3, -0.25) is 4.79 Å². The molecule has 0 unspecified atom stereocenters. The number of rotatable bonds is 0. The highest BCUT2D eigenvalue weighted by molar-refractivity contribution is 6.06. The Hall–Kier alpha value is -1.35. The fraction of sp³-hybridized carbons (Fsp3) is 0.500. The molecule has 3 rings (SSSR count). The number of carbonyl (C=O) groups is 1. The van der Waals surface area contributed by atoms with Gasteiger partial charge in [0.25, 0.3) is 0 Å². The van der Waals surface area contributed by atoms with Crippen molar-refractivity contribution in [1.29, 1.82) is 0 Å². The lowest BCUT2D eigenvalue weighted by atomic mass is 9.69. The summed E-state index contributed by atoms with van der Waals surface area (Å²) in [5, 5.41) is 3.03. The van der Waals surface area contributed by atoms with E-state index in [1.165, 1.54) is 11.1 Å². The lowest BCUT2D eigenvalue weighted by molar-refractivity contribution is -0.122. The maximum Gasteiger partial charge on any atom is 0.235 e. The maximum absolute atomic E-state index is 12.3. The van der Waals surface area contributed by atoms with Gasteiger partial charge >= 0.3 is 0 Å². The molecular weight excluding hydrogens is 212 g/mol. The zero-order valence-electron chi connectivity index (χ0n) is 10.1. The van der Waals surface area contributed by atoms with Gasteiger partial charge < -0.3 is 11.1 Å². The first kappa shape index (κ1) is 10.8. The number of hydrogen-bond acceptors (Lipinski definition) is 2. The summed E-state index contributed by atoms with van der Waals surface area (Å²) >= 11 is 0. The van der Waals surface area contributed by atoms with Gasteiger partial charge in [-0.1, -0.05) is 12.1 Å². The van der Waals surface area contributed by atoms with Crippen molar-refractivity contribution in [2.24, 2.45) is 5.73 Å². The van der Waals surface area contributed by atoms with Gasteiger partial charge in [0, 0.05) is 11.7 Å². The highest BCUT2D eigenvalue weighted by Gasteiger charge is 2.47. The Morgan fingerprint density at radius 1 is 1.35 bits per heavy atom. The minimum absolute atomic E-state index is 0.171. The Morgan fingerprint density at radius 2 is 2.06 bits per heavy atom. The number of nitrogens with one attached hydrogen (secondary N) is 1. The molecule has 1 fully saturated rings. The van der Waals surface area contributed by atoms with Crippen molar-refractivity contribution < 1.29 is 4.79 Å². The topological polar surface area (TPSA) is 55.1 Å². The van der Waals surface area contributed by atoms with Crippen molar-refractivity contribution in [1.82, 2.24) is 0 Å². The van der Waals surface area contributed by atoms with Gasteiger partial charge in [0.1, 0.15) is 0 Å². The number of nitrogens with two attached hydrogens (primary N) is 1. The summed E-state index contributed by atoms with van der Waals surface area (Å²) in [6.45, 7) is 2.05. The van der Waals surface area contributed by atoms with Crippen molar-refractivity contribution in [2.75, 3.05) is 5.32 Å². The van der Waals surface area contributed by atoms with E-state index in [9.17, 15) is 4.79 Å². The van der Waals surface area contributed by atoms with E-state index in [1.807, 2.05) is 6.92 Å². The quantitative estimate of drug-likeness (QED) is 0.717. The van der Waals surface area contributed by atoms with Crippen LogP contribution in [0, 0.1) is 6.92 Å². The number of anilines is 1. The van der Waals surface area contributed by atoms with E-state index in [4.69, 9.17) is 5.73 Å². The highest BCUT2D eigenvalue weighted by Crippen LogP contribution is 2.47. The number of hydrogen-bond donors (Lipinski definition) is 2. The van der Waals surface area contributed by atoms with E-state index in [1.54, 1.807) is 0 Å². The average Bonchev–Trinajstić information content (AvgIpc) is 2.55. The van der Waals surface area contributed by atoms with Crippen LogP contribution in [0.1, 0.15) is 36.8 Å². The second-order valence-corrected chi connectivity index (χ2v) is 5.42. The number of fused-ring (bicyclic) bond motifs is 2. The van der Waals surface area contributed by atoms with Gasteiger partial charge in [0.15, 0.2) is 0 Å². The Bertz CT molecular complexity index is 473. The van der Waals surface area contributed by atoms with Gasteiger partial charge in [0.2, 0.25) is 5.91 Å². The lowest BCUT2D eigenvalue weighted by Crippen LogP contribution is -2.41. The second kappa shape index (κ2) is 3.57. The molecule has 1 amide bonds. The van der Waals surface area contributed by atoms with E-state index in [0.29, 0.717) is 0 Å². The van der Waals surface area contributed by atoms with E-state index in [-0.39, 0.29) is 17.4 Å². The van der Waals surface area contributed by atoms with Crippen LogP contribution in [0.25, 0.3) is 0 Å². The van der Waals surface area contributed by atoms with Crippen LogP contribution in [-0.2, 0) is 10.2 Å². The van der Waals surface area contributed by atoms with Gasteiger partial charge in [-0.25, -0.2) is 0 Å². The van der Waals surface area contributed by atoms with Crippen LogP contribution in [0.15, 0.2) is 18.2 Å². The first-order valence-electron chi connectivity index (χ1n) is 6.30. The highest BCUT2D eigenvalue weighted by atomic mass is 16.2. The van der Waals surface area contributed by atoms with Gasteiger partial charge in [-0.05, 0) is 49.8 Å². The summed E-state index contributed by atoms with van der Waals surface area (Å²) < 4.78 is 0. The zero-order valence-corrected chi connectivity index (χ0v) is 10.1. The standard InChI is InChI=1S/C14H18N2O/c1-9-2-3-11-12(8-9)16-13(17)14(11)6-4-10(15)5-7-14/h2-3,8,10H,4-7,15H2,1H3,(H,16,17). The largest absolute Gasteiger partial charge is 0.328 e. The molecule has 17 heavy (non-hydrogen) atoms. The molecule has 3 nitrogen and oxygen atoms in total. The predicted molar refractivity (Wildman–Crippen MR) is 67.9 cm³/mol.